The SMILES string of the molecule is O=C(OC(C(F)(F)F)C(F)(F)S(=O)(=O)O)c1cc(I)cc(I)c1I. The highest BCUT2D eigenvalue weighted by atomic mass is 127. The Bertz CT molecular complexity index is 765. The van der Waals surface area contributed by atoms with Gasteiger partial charge in [0.05, 0.1) is 5.56 Å². The number of alkyl halides is 5. The Hall–Kier alpha value is 0.440. The first-order chi connectivity index (χ1) is 10.6. The van der Waals surface area contributed by atoms with Crippen LogP contribution in [0.2, 0.25) is 0 Å². The molecule has 1 atom stereocenters. The second-order valence-electron chi connectivity index (χ2n) is 4.11. The summed E-state index contributed by atoms with van der Waals surface area (Å²) in [5.41, 5.74) is -0.452. The molecule has 0 saturated heterocycles. The maximum Gasteiger partial charge on any atom is 0.432 e. The zero-order valence-electron chi connectivity index (χ0n) is 10.7. The van der Waals surface area contributed by atoms with Gasteiger partial charge >= 0.3 is 27.5 Å². The van der Waals surface area contributed by atoms with Crippen LogP contribution in [-0.2, 0) is 14.9 Å². The Morgan fingerprint density at radius 1 is 1.12 bits per heavy atom. The van der Waals surface area contributed by atoms with Gasteiger partial charge in [-0.2, -0.15) is 30.4 Å². The summed E-state index contributed by atoms with van der Waals surface area (Å²) in [7, 11) is -6.47. The largest absolute Gasteiger partial charge is 0.441 e. The van der Waals surface area contributed by atoms with Gasteiger partial charge < -0.3 is 4.74 Å². The van der Waals surface area contributed by atoms with Crippen molar-refractivity contribution in [1.82, 2.24) is 0 Å². The van der Waals surface area contributed by atoms with E-state index in [-0.39, 0.29) is 3.57 Å². The molecule has 24 heavy (non-hydrogen) atoms. The van der Waals surface area contributed by atoms with Gasteiger partial charge in [-0.3, -0.25) is 4.55 Å². The van der Waals surface area contributed by atoms with Gasteiger partial charge in [0.25, 0.3) is 6.10 Å². The molecule has 0 aliphatic heterocycles. The van der Waals surface area contributed by atoms with Gasteiger partial charge in [0.2, 0.25) is 0 Å². The normalized spacial score (nSPS) is 14.4. The van der Waals surface area contributed by atoms with E-state index in [4.69, 9.17) is 4.55 Å². The molecular weight excluding hydrogens is 708 g/mol. The van der Waals surface area contributed by atoms with Gasteiger partial charge in [0.15, 0.2) is 0 Å². The van der Waals surface area contributed by atoms with E-state index < -0.39 is 39.2 Å². The summed E-state index contributed by atoms with van der Waals surface area (Å²) < 4.78 is 99.1. The summed E-state index contributed by atoms with van der Waals surface area (Å²) in [6.45, 7) is 0. The second-order valence-corrected chi connectivity index (χ2v) is 9.09. The average molecular weight is 712 g/mol. The van der Waals surface area contributed by atoms with Crippen molar-refractivity contribution in [3.05, 3.63) is 28.4 Å². The molecule has 0 aromatic heterocycles. The molecule has 1 aromatic rings. The van der Waals surface area contributed by atoms with Crippen LogP contribution < -0.4 is 0 Å². The monoisotopic (exact) mass is 712 g/mol. The highest BCUT2D eigenvalue weighted by molar-refractivity contribution is 14.1. The smallest absolute Gasteiger partial charge is 0.432 e. The number of hydrogen-bond acceptors (Lipinski definition) is 4. The van der Waals surface area contributed by atoms with Crippen molar-refractivity contribution in [3.8, 4) is 0 Å². The second kappa shape index (κ2) is 7.59. The summed E-state index contributed by atoms with van der Waals surface area (Å²) in [6.07, 6.45) is -10.3. The molecule has 1 aromatic carbocycles. The van der Waals surface area contributed by atoms with Crippen LogP contribution in [0.15, 0.2) is 12.1 Å². The van der Waals surface area contributed by atoms with E-state index in [0.29, 0.717) is 7.14 Å². The Labute approximate surface area is 172 Å². The predicted octanol–water partition coefficient (Wildman–Crippen LogP) is 4.07. The predicted molar refractivity (Wildman–Crippen MR) is 96.3 cm³/mol. The molecule has 0 radical (unpaired) electrons. The number of carbonyl (C=O) groups is 1. The minimum atomic E-state index is -6.47. The number of carbonyl (C=O) groups excluding carboxylic acids is 1. The molecule has 1 unspecified atom stereocenters. The quantitative estimate of drug-likeness (QED) is 0.168. The van der Waals surface area contributed by atoms with Gasteiger partial charge in [-0.05, 0) is 79.9 Å². The van der Waals surface area contributed by atoms with Crippen LogP contribution in [0, 0.1) is 10.7 Å². The summed E-state index contributed by atoms with van der Waals surface area (Å²) in [4.78, 5) is 11.9. The lowest BCUT2D eigenvalue weighted by molar-refractivity contribution is -0.248. The zero-order chi connectivity index (χ0) is 19.1. The molecule has 0 heterocycles. The molecule has 0 saturated carbocycles. The van der Waals surface area contributed by atoms with E-state index >= 15 is 0 Å². The molecule has 0 aliphatic carbocycles. The minimum absolute atomic E-state index is 0.134. The van der Waals surface area contributed by atoms with Crippen LogP contribution in [0.3, 0.4) is 0 Å². The molecule has 1 N–H and O–H groups in total. The van der Waals surface area contributed by atoms with Crippen molar-refractivity contribution in [1.29, 1.82) is 0 Å². The number of halogens is 8. The van der Waals surface area contributed by atoms with E-state index in [1.165, 1.54) is 0 Å². The standard InChI is InChI=1S/C10H4F5I3O5S/c11-9(12,13)8(10(14,15)24(20,21)22)23-7(19)4-1-3(16)2-5(17)6(4)18/h1-2,8H,(H,20,21,22). The number of ether oxygens (including phenoxy) is 1. The van der Waals surface area contributed by atoms with Crippen LogP contribution in [0.5, 0.6) is 0 Å². The number of esters is 1. The van der Waals surface area contributed by atoms with Crippen molar-refractivity contribution >= 4 is 83.9 Å². The topological polar surface area (TPSA) is 80.7 Å². The molecule has 0 bridgehead atoms. The molecule has 14 heteroatoms. The van der Waals surface area contributed by atoms with Gasteiger partial charge in [0, 0.05) is 10.7 Å². The van der Waals surface area contributed by atoms with Crippen molar-refractivity contribution in [2.45, 2.75) is 17.5 Å². The third-order valence-electron chi connectivity index (χ3n) is 2.38. The van der Waals surface area contributed by atoms with Crippen LogP contribution in [-0.4, -0.2) is 36.5 Å². The number of rotatable bonds is 4. The maximum absolute atomic E-state index is 13.4. The average Bonchev–Trinajstić information content (AvgIpc) is 2.36. The van der Waals surface area contributed by atoms with E-state index in [1.807, 2.05) is 0 Å². The van der Waals surface area contributed by atoms with Crippen LogP contribution in [0.25, 0.3) is 0 Å². The first kappa shape index (κ1) is 22.5. The van der Waals surface area contributed by atoms with Gasteiger partial charge in [0.1, 0.15) is 0 Å². The molecule has 0 aliphatic rings. The summed E-state index contributed by atoms with van der Waals surface area (Å²) in [6, 6.07) is 2.65. The molecule has 1 rings (SSSR count). The van der Waals surface area contributed by atoms with Gasteiger partial charge in [-0.1, -0.05) is 0 Å². The van der Waals surface area contributed by atoms with Crippen molar-refractivity contribution in [3.63, 3.8) is 0 Å². The highest BCUT2D eigenvalue weighted by Crippen LogP contribution is 2.38. The lowest BCUT2D eigenvalue weighted by Gasteiger charge is -2.26. The van der Waals surface area contributed by atoms with Crippen molar-refractivity contribution < 1.29 is 44.5 Å². The number of hydrogen-bond donors (Lipinski definition) is 1. The lowest BCUT2D eigenvalue weighted by atomic mass is 10.2. The molecule has 136 valence electrons. The first-order valence-corrected chi connectivity index (χ1v) is 10.0. The van der Waals surface area contributed by atoms with E-state index in [2.05, 4.69) is 4.74 Å². The van der Waals surface area contributed by atoms with E-state index in [0.717, 1.165) is 6.07 Å². The lowest BCUT2D eigenvalue weighted by Crippen LogP contribution is -2.52. The minimum Gasteiger partial charge on any atom is -0.441 e. The zero-order valence-corrected chi connectivity index (χ0v) is 18.0. The Morgan fingerprint density at radius 2 is 1.62 bits per heavy atom. The van der Waals surface area contributed by atoms with Crippen LogP contribution >= 0.6 is 67.8 Å². The Balaban J connectivity index is 3.35. The van der Waals surface area contributed by atoms with Crippen LogP contribution in [0.4, 0.5) is 22.0 Å². The van der Waals surface area contributed by atoms with E-state index in [9.17, 15) is 35.2 Å². The Morgan fingerprint density at radius 3 is 2.04 bits per heavy atom. The third kappa shape index (κ3) is 5.00. The Kier molecular flexibility index (Phi) is 7.11. The van der Waals surface area contributed by atoms with Gasteiger partial charge in [-0.25, -0.2) is 4.79 Å². The first-order valence-electron chi connectivity index (χ1n) is 5.36. The fraction of sp³-hybridized carbons (Fsp3) is 0.300. The maximum atomic E-state index is 13.4. The molecular formula is C10H4F5I3O5S. The number of benzene rings is 1. The summed E-state index contributed by atoms with van der Waals surface area (Å²) >= 11 is 5.09. The molecule has 0 amide bonds. The van der Waals surface area contributed by atoms with Gasteiger partial charge in [-0.15, -0.1) is 0 Å². The van der Waals surface area contributed by atoms with Crippen LogP contribution in [0.1, 0.15) is 10.4 Å². The van der Waals surface area contributed by atoms with Crippen molar-refractivity contribution in [2.75, 3.05) is 0 Å². The summed E-state index contributed by atoms with van der Waals surface area (Å²) in [5, 5.41) is -5.76. The fourth-order valence-electron chi connectivity index (χ4n) is 1.34. The molecule has 0 fully saturated rings. The van der Waals surface area contributed by atoms with E-state index in [1.54, 1.807) is 73.8 Å². The summed E-state index contributed by atoms with van der Waals surface area (Å²) in [5.74, 6) is -1.80. The molecule has 5 nitrogen and oxygen atoms in total. The molecule has 0 spiro atoms. The third-order valence-corrected chi connectivity index (χ3v) is 6.95. The highest BCUT2D eigenvalue weighted by Gasteiger charge is 2.66. The fourth-order valence-corrected chi connectivity index (χ4v) is 4.16. The van der Waals surface area contributed by atoms with Crippen molar-refractivity contribution in [2.24, 2.45) is 0 Å².